The standard InChI is InChI=1S/C36H35F2N5O4/c1-41-33-26(12-23(15-30(33)46-2)35(44)43-17-21-8-9-27(43)32(21)39)40-34(41)29-14-20-7-6-19(13-28(20)42(29)16-18-4-5-18)22-10-24(37)31(25(38)11-22)36(45)47-3/h6-7,10-15,18,21,27,32H,4-5,8-9,16-17,39H2,1-3H3. The molecule has 1 aliphatic heterocycles. The second kappa shape index (κ2) is 10.9. The van der Waals surface area contributed by atoms with Crippen molar-refractivity contribution < 1.29 is 27.8 Å². The highest BCUT2D eigenvalue weighted by Gasteiger charge is 2.47. The number of amides is 1. The third-order valence-electron chi connectivity index (χ3n) is 10.4. The van der Waals surface area contributed by atoms with Gasteiger partial charge in [-0.2, -0.15) is 0 Å². The van der Waals surface area contributed by atoms with Gasteiger partial charge in [0.25, 0.3) is 5.91 Å². The Morgan fingerprint density at radius 2 is 1.74 bits per heavy atom. The van der Waals surface area contributed by atoms with Crippen molar-refractivity contribution in [1.29, 1.82) is 0 Å². The number of benzene rings is 3. The van der Waals surface area contributed by atoms with Gasteiger partial charge in [0.15, 0.2) is 5.82 Å². The number of hydrogen-bond donors (Lipinski definition) is 1. The minimum atomic E-state index is -1.06. The Labute approximate surface area is 269 Å². The molecule has 47 heavy (non-hydrogen) atoms. The molecule has 9 nitrogen and oxygen atoms in total. The lowest BCUT2D eigenvalue weighted by Crippen LogP contribution is -2.41. The van der Waals surface area contributed by atoms with E-state index >= 15 is 0 Å². The van der Waals surface area contributed by atoms with E-state index in [1.165, 1.54) is 0 Å². The summed E-state index contributed by atoms with van der Waals surface area (Å²) in [7, 11) is 4.62. The van der Waals surface area contributed by atoms with Gasteiger partial charge in [0.2, 0.25) is 0 Å². The summed E-state index contributed by atoms with van der Waals surface area (Å²) >= 11 is 0. The Morgan fingerprint density at radius 3 is 2.38 bits per heavy atom. The molecule has 2 aromatic heterocycles. The number of ether oxygens (including phenoxy) is 2. The van der Waals surface area contributed by atoms with Crippen LogP contribution in [0.3, 0.4) is 0 Å². The van der Waals surface area contributed by atoms with Crippen molar-refractivity contribution in [3.8, 4) is 28.4 Å². The van der Waals surface area contributed by atoms with Crippen molar-refractivity contribution in [1.82, 2.24) is 19.0 Å². The monoisotopic (exact) mass is 639 g/mol. The number of rotatable bonds is 7. The number of carbonyl (C=O) groups excluding carboxylic acids is 2. The van der Waals surface area contributed by atoms with Gasteiger partial charge in [-0.1, -0.05) is 12.1 Å². The molecule has 2 N–H and O–H groups in total. The van der Waals surface area contributed by atoms with Crippen LogP contribution in [0.15, 0.2) is 48.5 Å². The summed E-state index contributed by atoms with van der Waals surface area (Å²) in [5, 5.41) is 0.951. The number of likely N-dealkylation sites (tertiary alicyclic amines) is 1. The summed E-state index contributed by atoms with van der Waals surface area (Å²) in [6, 6.07) is 13.8. The van der Waals surface area contributed by atoms with Crippen LogP contribution in [0.5, 0.6) is 5.75 Å². The van der Waals surface area contributed by atoms with Crippen LogP contribution in [0.2, 0.25) is 0 Å². The number of esters is 1. The predicted molar refractivity (Wildman–Crippen MR) is 173 cm³/mol. The lowest BCUT2D eigenvalue weighted by atomic mass is 10.0. The van der Waals surface area contributed by atoms with E-state index in [0.717, 1.165) is 73.6 Å². The molecule has 1 amide bonds. The molecular weight excluding hydrogens is 604 g/mol. The van der Waals surface area contributed by atoms with Crippen LogP contribution in [0.1, 0.15) is 46.4 Å². The molecule has 0 radical (unpaired) electrons. The number of aryl methyl sites for hydroxylation is 1. The zero-order valence-corrected chi connectivity index (χ0v) is 26.4. The third-order valence-corrected chi connectivity index (χ3v) is 10.4. The largest absolute Gasteiger partial charge is 0.494 e. The summed E-state index contributed by atoms with van der Waals surface area (Å²) < 4.78 is 44.3. The highest BCUT2D eigenvalue weighted by atomic mass is 19.1. The quantitative estimate of drug-likeness (QED) is 0.222. The average molecular weight is 640 g/mol. The Balaban J connectivity index is 1.23. The Morgan fingerprint density at radius 1 is 0.979 bits per heavy atom. The van der Waals surface area contributed by atoms with E-state index in [9.17, 15) is 18.4 Å². The molecule has 242 valence electrons. The van der Waals surface area contributed by atoms with Crippen LogP contribution in [0, 0.1) is 23.5 Å². The molecule has 0 spiro atoms. The van der Waals surface area contributed by atoms with Crippen molar-refractivity contribution in [3.63, 3.8) is 0 Å². The second-order valence-electron chi connectivity index (χ2n) is 13.1. The molecule has 5 aromatic rings. The number of piperidine rings is 1. The van der Waals surface area contributed by atoms with Gasteiger partial charge in [0.05, 0.1) is 25.4 Å². The maximum Gasteiger partial charge on any atom is 0.343 e. The fourth-order valence-electron chi connectivity index (χ4n) is 7.68. The fourth-order valence-corrected chi connectivity index (χ4v) is 7.68. The van der Waals surface area contributed by atoms with Crippen LogP contribution in [-0.4, -0.2) is 63.7 Å². The normalized spacial score (nSPS) is 20.5. The summed E-state index contributed by atoms with van der Waals surface area (Å²) in [6.45, 7) is 1.44. The first-order valence-electron chi connectivity index (χ1n) is 16.0. The van der Waals surface area contributed by atoms with E-state index < -0.39 is 23.2 Å². The molecule has 3 fully saturated rings. The number of halogens is 2. The van der Waals surface area contributed by atoms with E-state index in [-0.39, 0.29) is 18.0 Å². The van der Waals surface area contributed by atoms with Crippen LogP contribution in [0.4, 0.5) is 8.78 Å². The smallest absolute Gasteiger partial charge is 0.343 e. The van der Waals surface area contributed by atoms with E-state index in [1.807, 2.05) is 40.8 Å². The molecule has 3 heterocycles. The van der Waals surface area contributed by atoms with E-state index in [4.69, 9.17) is 15.5 Å². The molecule has 2 aliphatic carbocycles. The predicted octanol–water partition coefficient (Wildman–Crippen LogP) is 5.91. The number of nitrogens with two attached hydrogens (primary N) is 1. The third kappa shape index (κ3) is 4.70. The molecule has 3 aromatic carbocycles. The Bertz CT molecular complexity index is 2090. The fraction of sp³-hybridized carbons (Fsp3) is 0.361. The number of methoxy groups -OCH3 is 2. The molecule has 1 saturated heterocycles. The van der Waals surface area contributed by atoms with Crippen LogP contribution < -0.4 is 10.5 Å². The van der Waals surface area contributed by atoms with Gasteiger partial charge in [0, 0.05) is 48.7 Å². The molecule has 11 heteroatoms. The molecule has 3 atom stereocenters. The first-order chi connectivity index (χ1) is 22.7. The number of nitrogens with zero attached hydrogens (tertiary/aromatic N) is 4. The van der Waals surface area contributed by atoms with Crippen LogP contribution in [0.25, 0.3) is 44.6 Å². The van der Waals surface area contributed by atoms with Crippen LogP contribution >= 0.6 is 0 Å². The van der Waals surface area contributed by atoms with Crippen molar-refractivity contribution in [2.45, 2.75) is 44.3 Å². The molecular formula is C36H35F2N5O4. The van der Waals surface area contributed by atoms with Gasteiger partial charge in [-0.15, -0.1) is 0 Å². The minimum Gasteiger partial charge on any atom is -0.494 e. The van der Waals surface area contributed by atoms with Gasteiger partial charge < -0.3 is 29.2 Å². The van der Waals surface area contributed by atoms with Gasteiger partial charge in [-0.05, 0) is 85.0 Å². The van der Waals surface area contributed by atoms with Crippen molar-refractivity contribution in [2.24, 2.45) is 24.6 Å². The molecule has 3 aliphatic rings. The number of carbonyl (C=O) groups is 2. The maximum atomic E-state index is 14.9. The number of aromatic nitrogens is 3. The summed E-state index contributed by atoms with van der Waals surface area (Å²) in [5.41, 5.74) is 10.4. The summed E-state index contributed by atoms with van der Waals surface area (Å²) in [6.07, 6.45) is 4.23. The van der Waals surface area contributed by atoms with Gasteiger partial charge in [-0.3, -0.25) is 4.79 Å². The second-order valence-corrected chi connectivity index (χ2v) is 13.1. The van der Waals surface area contributed by atoms with Crippen molar-refractivity contribution >= 4 is 33.8 Å². The first kappa shape index (κ1) is 29.6. The SMILES string of the molecule is COC(=O)c1c(F)cc(-c2ccc3cc(-c4nc5cc(C(=O)N6CC7CCC6C7N)cc(OC)c5n4C)n(CC4CC4)c3c2)cc1F. The van der Waals surface area contributed by atoms with E-state index in [1.54, 1.807) is 13.2 Å². The van der Waals surface area contributed by atoms with Gasteiger partial charge in [0.1, 0.15) is 28.5 Å². The average Bonchev–Trinajstić information content (AvgIpc) is 3.47. The molecule has 2 bridgehead atoms. The molecule has 8 rings (SSSR count). The molecule has 2 saturated carbocycles. The highest BCUT2D eigenvalue weighted by molar-refractivity contribution is 6.01. The zero-order valence-electron chi connectivity index (χ0n) is 26.4. The maximum absolute atomic E-state index is 14.9. The summed E-state index contributed by atoms with van der Waals surface area (Å²) in [4.78, 5) is 32.6. The van der Waals surface area contributed by atoms with Gasteiger partial charge in [-0.25, -0.2) is 18.6 Å². The number of hydrogen-bond acceptors (Lipinski definition) is 6. The lowest BCUT2D eigenvalue weighted by molar-refractivity contribution is 0.0589. The number of fused-ring (bicyclic) bond motifs is 4. The van der Waals surface area contributed by atoms with Crippen molar-refractivity contribution in [2.75, 3.05) is 20.8 Å². The van der Waals surface area contributed by atoms with E-state index in [2.05, 4.69) is 15.4 Å². The van der Waals surface area contributed by atoms with Gasteiger partial charge >= 0.3 is 5.97 Å². The van der Waals surface area contributed by atoms with Crippen molar-refractivity contribution in [3.05, 3.63) is 71.3 Å². The first-order valence-corrected chi connectivity index (χ1v) is 16.0. The minimum absolute atomic E-state index is 0.0252. The Hall–Kier alpha value is -4.77. The Kier molecular flexibility index (Phi) is 6.87. The summed E-state index contributed by atoms with van der Waals surface area (Å²) in [5.74, 6) is -0.939. The molecule has 3 unspecified atom stereocenters. The topological polar surface area (TPSA) is 105 Å². The zero-order chi connectivity index (χ0) is 32.7. The lowest BCUT2D eigenvalue weighted by Gasteiger charge is -2.27. The van der Waals surface area contributed by atoms with Crippen LogP contribution in [-0.2, 0) is 18.3 Å². The van der Waals surface area contributed by atoms with E-state index in [0.29, 0.717) is 52.2 Å². The number of imidazole rings is 1. The highest BCUT2D eigenvalue weighted by Crippen LogP contribution is 2.41.